The number of benzene rings is 1. The minimum atomic E-state index is 0.255. The third kappa shape index (κ3) is 2.87. The van der Waals surface area contributed by atoms with Crippen LogP contribution in [0, 0.1) is 0 Å². The highest BCUT2D eigenvalue weighted by Crippen LogP contribution is 2.31. The van der Waals surface area contributed by atoms with Gasteiger partial charge in [-0.15, -0.1) is 0 Å². The Bertz CT molecular complexity index is 591. The third-order valence-electron chi connectivity index (χ3n) is 4.13. The van der Waals surface area contributed by atoms with E-state index < -0.39 is 0 Å². The first-order valence-electron chi connectivity index (χ1n) is 7.60. The first-order valence-corrected chi connectivity index (χ1v) is 7.60. The minimum absolute atomic E-state index is 0.255. The van der Waals surface area contributed by atoms with Gasteiger partial charge in [0.2, 0.25) is 0 Å². The lowest BCUT2D eigenvalue weighted by Gasteiger charge is -2.07. The Balaban J connectivity index is 1.94. The summed E-state index contributed by atoms with van der Waals surface area (Å²) < 4.78 is 5.43. The van der Waals surface area contributed by atoms with Gasteiger partial charge in [-0.2, -0.15) is 0 Å². The number of aromatic nitrogens is 2. The molecule has 2 unspecified atom stereocenters. The largest absolute Gasteiger partial charge is 0.380 e. The van der Waals surface area contributed by atoms with Crippen molar-refractivity contribution in [2.45, 2.75) is 38.3 Å². The molecular weight excluding hydrogens is 262 g/mol. The molecule has 1 aromatic heterocycles. The summed E-state index contributed by atoms with van der Waals surface area (Å²) in [4.78, 5) is 8.42. The summed E-state index contributed by atoms with van der Waals surface area (Å²) in [6.45, 7) is 5.28. The van der Waals surface area contributed by atoms with Gasteiger partial charge in [0.15, 0.2) is 0 Å². The van der Waals surface area contributed by atoms with Crippen LogP contribution in [0.5, 0.6) is 0 Å². The predicted molar refractivity (Wildman–Crippen MR) is 84.3 cm³/mol. The second-order valence-electron chi connectivity index (χ2n) is 5.96. The highest BCUT2D eigenvalue weighted by molar-refractivity contribution is 5.62. The Morgan fingerprint density at radius 2 is 2.00 bits per heavy atom. The van der Waals surface area contributed by atoms with Crippen molar-refractivity contribution in [3.63, 3.8) is 0 Å². The van der Waals surface area contributed by atoms with Crippen LogP contribution in [0.25, 0.3) is 11.3 Å². The van der Waals surface area contributed by atoms with E-state index in [4.69, 9.17) is 9.72 Å². The zero-order valence-corrected chi connectivity index (χ0v) is 12.9. The van der Waals surface area contributed by atoms with E-state index in [0.29, 0.717) is 5.92 Å². The summed E-state index contributed by atoms with van der Waals surface area (Å²) in [6.07, 6.45) is 1.25. The maximum Gasteiger partial charge on any atom is 0.124 e. The molecule has 0 aliphatic carbocycles. The van der Waals surface area contributed by atoms with Crippen LogP contribution in [0.15, 0.2) is 30.3 Å². The lowest BCUT2D eigenvalue weighted by Crippen LogP contribution is -2.16. The molecule has 1 saturated heterocycles. The third-order valence-corrected chi connectivity index (χ3v) is 4.13. The van der Waals surface area contributed by atoms with Crippen LogP contribution in [0.3, 0.4) is 0 Å². The first-order chi connectivity index (χ1) is 10.2. The highest BCUT2D eigenvalue weighted by atomic mass is 16.5. The quantitative estimate of drug-likeness (QED) is 0.906. The molecular formula is C17H23N3O. The fourth-order valence-corrected chi connectivity index (χ4v) is 2.90. The van der Waals surface area contributed by atoms with Crippen molar-refractivity contribution in [3.8, 4) is 11.3 Å². The molecule has 4 heteroatoms. The Morgan fingerprint density at radius 1 is 1.24 bits per heavy atom. The fourth-order valence-electron chi connectivity index (χ4n) is 2.90. The zero-order valence-electron chi connectivity index (χ0n) is 12.9. The van der Waals surface area contributed by atoms with Gasteiger partial charge in [0.25, 0.3) is 0 Å². The number of nitrogens with one attached hydrogen (secondary N) is 2. The predicted octanol–water partition coefficient (Wildman–Crippen LogP) is 3.25. The second-order valence-corrected chi connectivity index (χ2v) is 5.96. The van der Waals surface area contributed by atoms with Gasteiger partial charge < -0.3 is 15.0 Å². The molecule has 0 radical (unpaired) electrons. The van der Waals surface area contributed by atoms with Crippen molar-refractivity contribution in [1.82, 2.24) is 15.3 Å². The number of hydrogen-bond acceptors (Lipinski definition) is 3. The lowest BCUT2D eigenvalue weighted by molar-refractivity contribution is 0.117. The van der Waals surface area contributed by atoms with E-state index in [-0.39, 0.29) is 12.1 Å². The SMILES string of the molecule is COC1CNC(c2nc(-c3ccccc3)c(C(C)C)[nH]2)C1. The Morgan fingerprint density at radius 3 is 2.62 bits per heavy atom. The van der Waals surface area contributed by atoms with Crippen LogP contribution >= 0.6 is 0 Å². The molecule has 2 atom stereocenters. The molecule has 1 fully saturated rings. The van der Waals surface area contributed by atoms with Crippen LogP contribution in [-0.2, 0) is 4.74 Å². The number of H-pyrrole nitrogens is 1. The molecule has 2 heterocycles. The summed E-state index contributed by atoms with van der Waals surface area (Å²) >= 11 is 0. The summed E-state index contributed by atoms with van der Waals surface area (Å²) in [5, 5.41) is 3.49. The monoisotopic (exact) mass is 285 g/mol. The average Bonchev–Trinajstić information content (AvgIpc) is 3.14. The van der Waals surface area contributed by atoms with Crippen LogP contribution in [-0.4, -0.2) is 29.7 Å². The maximum atomic E-state index is 5.43. The van der Waals surface area contributed by atoms with Crippen molar-refractivity contribution in [2.75, 3.05) is 13.7 Å². The minimum Gasteiger partial charge on any atom is -0.380 e. The summed E-state index contributed by atoms with van der Waals surface area (Å²) in [6, 6.07) is 10.6. The van der Waals surface area contributed by atoms with Gasteiger partial charge >= 0.3 is 0 Å². The fraction of sp³-hybridized carbons (Fsp3) is 0.471. The highest BCUT2D eigenvalue weighted by Gasteiger charge is 2.28. The van der Waals surface area contributed by atoms with Crippen LogP contribution in [0.2, 0.25) is 0 Å². The van der Waals surface area contributed by atoms with Gasteiger partial charge in [0.05, 0.1) is 17.8 Å². The van der Waals surface area contributed by atoms with Gasteiger partial charge in [-0.3, -0.25) is 0 Å². The topological polar surface area (TPSA) is 49.9 Å². The molecule has 0 bridgehead atoms. The summed E-state index contributed by atoms with van der Waals surface area (Å²) in [7, 11) is 1.77. The van der Waals surface area contributed by atoms with E-state index in [1.54, 1.807) is 7.11 Å². The normalized spacial score (nSPS) is 22.1. The Hall–Kier alpha value is -1.65. The van der Waals surface area contributed by atoms with Crippen LogP contribution in [0.4, 0.5) is 0 Å². The zero-order chi connectivity index (χ0) is 14.8. The molecule has 21 heavy (non-hydrogen) atoms. The van der Waals surface area contributed by atoms with E-state index >= 15 is 0 Å². The second kappa shape index (κ2) is 6.00. The molecule has 0 amide bonds. The maximum absolute atomic E-state index is 5.43. The molecule has 2 N–H and O–H groups in total. The molecule has 0 saturated carbocycles. The van der Waals surface area contributed by atoms with Crippen molar-refractivity contribution in [2.24, 2.45) is 0 Å². The number of aromatic amines is 1. The van der Waals surface area contributed by atoms with E-state index in [9.17, 15) is 0 Å². The van der Waals surface area contributed by atoms with E-state index in [2.05, 4.69) is 48.4 Å². The summed E-state index contributed by atoms with van der Waals surface area (Å²) in [5.74, 6) is 1.44. The van der Waals surface area contributed by atoms with Gasteiger partial charge in [0.1, 0.15) is 5.82 Å². The standard InChI is InChI=1S/C17H23N3O/c1-11(2)15-16(12-7-5-4-6-8-12)20-17(19-15)14-9-13(21-3)10-18-14/h4-8,11,13-14,18H,9-10H2,1-3H3,(H,19,20). The Labute approximate surface area is 125 Å². The molecule has 2 aromatic rings. The van der Waals surface area contributed by atoms with Crippen molar-refractivity contribution in [3.05, 3.63) is 41.9 Å². The molecule has 1 aromatic carbocycles. The number of hydrogen-bond donors (Lipinski definition) is 2. The first kappa shape index (κ1) is 14.3. The smallest absolute Gasteiger partial charge is 0.124 e. The van der Waals surface area contributed by atoms with Crippen LogP contribution < -0.4 is 5.32 Å². The molecule has 3 rings (SSSR count). The lowest BCUT2D eigenvalue weighted by atomic mass is 10.0. The van der Waals surface area contributed by atoms with Crippen molar-refractivity contribution >= 4 is 0 Å². The van der Waals surface area contributed by atoms with E-state index in [1.165, 1.54) is 11.3 Å². The number of ether oxygens (including phenoxy) is 1. The molecule has 1 aliphatic rings. The molecule has 0 spiro atoms. The van der Waals surface area contributed by atoms with Crippen molar-refractivity contribution in [1.29, 1.82) is 0 Å². The number of rotatable bonds is 4. The number of nitrogens with zero attached hydrogens (tertiary/aromatic N) is 1. The molecule has 4 nitrogen and oxygen atoms in total. The van der Waals surface area contributed by atoms with Gasteiger partial charge in [0, 0.05) is 24.9 Å². The molecule has 112 valence electrons. The molecule has 1 aliphatic heterocycles. The van der Waals surface area contributed by atoms with Gasteiger partial charge in [-0.1, -0.05) is 44.2 Å². The Kier molecular flexibility index (Phi) is 4.08. The number of imidazole rings is 1. The van der Waals surface area contributed by atoms with Crippen LogP contribution in [0.1, 0.15) is 43.7 Å². The van der Waals surface area contributed by atoms with Gasteiger partial charge in [-0.25, -0.2) is 4.98 Å². The average molecular weight is 285 g/mol. The number of methoxy groups -OCH3 is 1. The van der Waals surface area contributed by atoms with E-state index in [1.807, 2.05) is 6.07 Å². The van der Waals surface area contributed by atoms with Crippen molar-refractivity contribution < 1.29 is 4.74 Å². The summed E-state index contributed by atoms with van der Waals surface area (Å²) in [5.41, 5.74) is 3.45. The van der Waals surface area contributed by atoms with E-state index in [0.717, 1.165) is 24.5 Å². The van der Waals surface area contributed by atoms with Gasteiger partial charge in [-0.05, 0) is 12.3 Å².